The fourth-order valence-corrected chi connectivity index (χ4v) is 4.09. The van der Waals surface area contributed by atoms with Crippen LogP contribution in [-0.4, -0.2) is 42.6 Å². The van der Waals surface area contributed by atoms with Gasteiger partial charge >= 0.3 is 12.1 Å². The van der Waals surface area contributed by atoms with Gasteiger partial charge in [0.1, 0.15) is 12.4 Å². The lowest BCUT2D eigenvalue weighted by molar-refractivity contribution is -0.207. The lowest BCUT2D eigenvalue weighted by Gasteiger charge is -2.38. The number of halogens is 3. The molecule has 0 bridgehead atoms. The van der Waals surface area contributed by atoms with E-state index in [9.17, 15) is 27.6 Å². The summed E-state index contributed by atoms with van der Waals surface area (Å²) in [6.07, 6.45) is -4.88. The highest BCUT2D eigenvalue weighted by atomic mass is 19.4. The number of nitrogens with one attached hydrogen (secondary N) is 3. The van der Waals surface area contributed by atoms with Gasteiger partial charge in [-0.15, -0.1) is 0 Å². The van der Waals surface area contributed by atoms with Gasteiger partial charge in [-0.05, 0) is 69.6 Å². The van der Waals surface area contributed by atoms with Gasteiger partial charge in [0.15, 0.2) is 0 Å². The molecule has 1 aliphatic heterocycles. The predicted octanol–water partition coefficient (Wildman–Crippen LogP) is 3.26. The molecule has 0 aromatic heterocycles. The molecule has 194 valence electrons. The number of carbonyl (C=O) groups excluding carboxylic acids is 3. The molecule has 2 aromatic carbocycles. The summed E-state index contributed by atoms with van der Waals surface area (Å²) in [4.78, 5) is 39.8. The second kappa shape index (κ2) is 11.4. The summed E-state index contributed by atoms with van der Waals surface area (Å²) in [6.45, 7) is 5.37. The van der Waals surface area contributed by atoms with E-state index in [1.165, 1.54) is 5.48 Å². The van der Waals surface area contributed by atoms with Crippen molar-refractivity contribution in [3.8, 4) is 5.75 Å². The van der Waals surface area contributed by atoms with Crippen molar-refractivity contribution in [3.63, 3.8) is 0 Å². The molecule has 3 rings (SSSR count). The number of hydrogen-bond acceptors (Lipinski definition) is 6. The Morgan fingerprint density at radius 3 is 2.19 bits per heavy atom. The highest BCUT2D eigenvalue weighted by molar-refractivity contribution is 5.95. The van der Waals surface area contributed by atoms with Crippen LogP contribution in [0.3, 0.4) is 0 Å². The van der Waals surface area contributed by atoms with Gasteiger partial charge in [0.05, 0.1) is 12.0 Å². The van der Waals surface area contributed by atoms with E-state index in [2.05, 4.69) is 21.5 Å². The molecule has 0 atom stereocenters. The van der Waals surface area contributed by atoms with Crippen LogP contribution in [0.5, 0.6) is 5.75 Å². The van der Waals surface area contributed by atoms with Crippen LogP contribution in [0, 0.1) is 13.8 Å². The van der Waals surface area contributed by atoms with Crippen molar-refractivity contribution in [2.45, 2.75) is 51.4 Å². The van der Waals surface area contributed by atoms with Crippen molar-refractivity contribution in [1.29, 1.82) is 0 Å². The molecular weight excluding hydrogens is 479 g/mol. The first-order chi connectivity index (χ1) is 17.0. The molecule has 0 radical (unpaired) electrons. The second-order valence-electron chi connectivity index (χ2n) is 8.88. The summed E-state index contributed by atoms with van der Waals surface area (Å²) in [5.41, 5.74) is 4.14. The Morgan fingerprint density at radius 1 is 1.00 bits per heavy atom. The third-order valence-corrected chi connectivity index (χ3v) is 5.73. The minimum Gasteiger partial charge on any atom is -0.489 e. The molecule has 1 fully saturated rings. The summed E-state index contributed by atoms with van der Waals surface area (Å²) in [7, 11) is 0. The maximum atomic E-state index is 12.9. The Kier molecular flexibility index (Phi) is 8.57. The third kappa shape index (κ3) is 7.70. The summed E-state index contributed by atoms with van der Waals surface area (Å²) in [5, 5.41) is 5.95. The van der Waals surface area contributed by atoms with Crippen LogP contribution in [-0.2, 0) is 21.0 Å². The molecule has 36 heavy (non-hydrogen) atoms. The van der Waals surface area contributed by atoms with Crippen LogP contribution in [0.1, 0.15) is 46.3 Å². The highest BCUT2D eigenvalue weighted by Gasteiger charge is 2.42. The first-order valence-electron chi connectivity index (χ1n) is 11.4. The number of amides is 2. The Labute approximate surface area is 206 Å². The molecular formula is C25H28F3N3O5. The fourth-order valence-electron chi connectivity index (χ4n) is 4.09. The van der Waals surface area contributed by atoms with Crippen molar-refractivity contribution < 1.29 is 37.1 Å². The third-order valence-electron chi connectivity index (χ3n) is 5.73. The molecule has 2 aromatic rings. The largest absolute Gasteiger partial charge is 0.493 e. The Balaban J connectivity index is 1.60. The zero-order valence-electron chi connectivity index (χ0n) is 20.0. The van der Waals surface area contributed by atoms with Crippen molar-refractivity contribution in [1.82, 2.24) is 16.1 Å². The van der Waals surface area contributed by atoms with Crippen molar-refractivity contribution in [2.75, 3.05) is 13.1 Å². The monoisotopic (exact) mass is 507 g/mol. The minimum absolute atomic E-state index is 0.329. The van der Waals surface area contributed by atoms with Gasteiger partial charge in [0, 0.05) is 5.56 Å². The number of alkyl halides is 3. The van der Waals surface area contributed by atoms with E-state index in [1.807, 2.05) is 26.0 Å². The fraction of sp³-hybridized carbons (Fsp3) is 0.400. The second-order valence-corrected chi connectivity index (χ2v) is 8.88. The van der Waals surface area contributed by atoms with Crippen LogP contribution in [0.25, 0.3) is 0 Å². The van der Waals surface area contributed by atoms with E-state index in [0.29, 0.717) is 43.9 Å². The van der Waals surface area contributed by atoms with Crippen LogP contribution < -0.4 is 20.9 Å². The van der Waals surface area contributed by atoms with E-state index >= 15 is 0 Å². The van der Waals surface area contributed by atoms with Gasteiger partial charge in [-0.2, -0.15) is 18.7 Å². The number of ether oxygens (including phenoxy) is 1. The van der Waals surface area contributed by atoms with Crippen LogP contribution >= 0.6 is 0 Å². The number of hydrogen-bond donors (Lipinski definition) is 3. The highest BCUT2D eigenvalue weighted by Crippen LogP contribution is 2.24. The van der Waals surface area contributed by atoms with Gasteiger partial charge in [0.2, 0.25) is 0 Å². The maximum Gasteiger partial charge on any atom is 0.493 e. The zero-order chi connectivity index (χ0) is 26.3. The molecule has 0 saturated carbocycles. The lowest BCUT2D eigenvalue weighted by Crippen LogP contribution is -2.56. The average Bonchev–Trinajstić information content (AvgIpc) is 2.80. The van der Waals surface area contributed by atoms with E-state index in [4.69, 9.17) is 4.74 Å². The van der Waals surface area contributed by atoms with Gasteiger partial charge in [0.25, 0.3) is 11.8 Å². The van der Waals surface area contributed by atoms with Crippen LogP contribution in [0.2, 0.25) is 0 Å². The number of piperidine rings is 1. The zero-order valence-corrected chi connectivity index (χ0v) is 20.0. The average molecular weight is 508 g/mol. The SMILES string of the molecule is Cc1cc(C)cc(COc2ccc(C(=O)NC3(CC(=O)NOC(=O)C(F)(F)F)CCNCC3)cc2)c1. The number of hydroxylamine groups is 1. The van der Waals surface area contributed by atoms with Gasteiger partial charge < -0.3 is 20.2 Å². The van der Waals surface area contributed by atoms with E-state index < -0.39 is 29.5 Å². The molecule has 1 aliphatic rings. The Morgan fingerprint density at radius 2 is 1.61 bits per heavy atom. The molecule has 0 unspecified atom stereocenters. The minimum atomic E-state index is -5.23. The van der Waals surface area contributed by atoms with Gasteiger partial charge in [-0.1, -0.05) is 29.3 Å². The number of carbonyl (C=O) groups is 3. The van der Waals surface area contributed by atoms with Crippen LogP contribution in [0.4, 0.5) is 13.2 Å². The smallest absolute Gasteiger partial charge is 0.489 e. The molecule has 0 spiro atoms. The predicted molar refractivity (Wildman–Crippen MR) is 124 cm³/mol. The van der Waals surface area contributed by atoms with E-state index in [0.717, 1.165) is 16.7 Å². The van der Waals surface area contributed by atoms with Gasteiger partial charge in [-0.25, -0.2) is 4.79 Å². The van der Waals surface area contributed by atoms with Gasteiger partial charge in [-0.3, -0.25) is 9.59 Å². The molecule has 3 N–H and O–H groups in total. The summed E-state index contributed by atoms with van der Waals surface area (Å²) >= 11 is 0. The number of benzene rings is 2. The van der Waals surface area contributed by atoms with Crippen LogP contribution in [0.15, 0.2) is 42.5 Å². The van der Waals surface area contributed by atoms with Crippen molar-refractivity contribution >= 4 is 17.8 Å². The molecule has 2 amide bonds. The lowest BCUT2D eigenvalue weighted by atomic mass is 9.84. The van der Waals surface area contributed by atoms with E-state index in [1.54, 1.807) is 24.3 Å². The topological polar surface area (TPSA) is 106 Å². The molecule has 1 heterocycles. The first kappa shape index (κ1) is 27.0. The molecule has 8 nitrogen and oxygen atoms in total. The number of aryl methyl sites for hydroxylation is 2. The Bertz CT molecular complexity index is 1080. The van der Waals surface area contributed by atoms with E-state index in [-0.39, 0.29) is 6.42 Å². The summed E-state index contributed by atoms with van der Waals surface area (Å²) in [6, 6.07) is 12.6. The summed E-state index contributed by atoms with van der Waals surface area (Å²) < 4.78 is 42.7. The molecule has 1 saturated heterocycles. The normalized spacial score (nSPS) is 15.0. The maximum absolute atomic E-state index is 12.9. The summed E-state index contributed by atoms with van der Waals surface area (Å²) in [5.74, 6) is -3.35. The molecule has 11 heteroatoms. The van der Waals surface area contributed by atoms with Crippen molar-refractivity contribution in [3.05, 3.63) is 64.7 Å². The first-order valence-corrected chi connectivity index (χ1v) is 11.4. The Hall–Kier alpha value is -3.60. The van der Waals surface area contributed by atoms with Crippen molar-refractivity contribution in [2.24, 2.45) is 0 Å². The molecule has 0 aliphatic carbocycles. The number of rotatable bonds is 7. The standard InChI is InChI=1S/C25H28F3N3O5/c1-16-11-17(2)13-18(12-16)15-35-20-5-3-19(4-6-20)22(33)30-24(7-9-29-10-8-24)14-21(32)31-36-23(34)25(26,27)28/h3-6,11-13,29H,7-10,14-15H2,1-2H3,(H,30,33)(H,31,32). The quantitative estimate of drug-likeness (QED) is 0.497.